The molecule has 108 valence electrons. The van der Waals surface area contributed by atoms with Crippen molar-refractivity contribution in [3.05, 3.63) is 47.9 Å². The molecule has 1 N–H and O–H groups in total. The zero-order chi connectivity index (χ0) is 14.2. The molecule has 1 unspecified atom stereocenters. The molecule has 0 aliphatic rings. The predicted octanol–water partition coefficient (Wildman–Crippen LogP) is 4.07. The number of nitrogens with zero attached hydrogens (tertiary/aromatic N) is 1. The molecule has 1 atom stereocenters. The average Bonchev–Trinajstić information content (AvgIpc) is 2.98. The molecule has 2 rings (SSSR count). The number of nitrogens with one attached hydrogen (secondary N) is 1. The van der Waals surface area contributed by atoms with E-state index in [0.29, 0.717) is 6.04 Å². The van der Waals surface area contributed by atoms with Crippen LogP contribution in [-0.2, 0) is 6.42 Å². The summed E-state index contributed by atoms with van der Waals surface area (Å²) in [5.74, 6) is 0.918. The van der Waals surface area contributed by atoms with Crippen molar-refractivity contribution >= 4 is 11.8 Å². The minimum atomic E-state index is 0.326. The summed E-state index contributed by atoms with van der Waals surface area (Å²) in [5.41, 5.74) is 2.73. The van der Waals surface area contributed by atoms with Crippen LogP contribution in [0.15, 0.2) is 46.4 Å². The van der Waals surface area contributed by atoms with Crippen molar-refractivity contribution in [2.45, 2.75) is 38.0 Å². The fraction of sp³-hybridized carbons (Fsp3) is 0.438. The van der Waals surface area contributed by atoms with Gasteiger partial charge in [0.1, 0.15) is 6.26 Å². The molecule has 0 aliphatic heterocycles. The SMILES string of the molecule is CCCc1ccc(C(CSc2ncco2)NCC)cc1. The maximum atomic E-state index is 5.27. The standard InChI is InChI=1S/C16H22N2OS/c1-3-5-13-6-8-14(9-7-13)15(17-4-2)12-20-16-18-10-11-19-16/h6-11,15,17H,3-5,12H2,1-2H3. The summed E-state index contributed by atoms with van der Waals surface area (Å²) in [5, 5.41) is 4.25. The normalized spacial score (nSPS) is 12.5. The van der Waals surface area contributed by atoms with Gasteiger partial charge in [-0.25, -0.2) is 4.98 Å². The Hall–Kier alpha value is -1.26. The molecule has 2 aromatic rings. The van der Waals surface area contributed by atoms with Gasteiger partial charge >= 0.3 is 0 Å². The highest BCUT2D eigenvalue weighted by Crippen LogP contribution is 2.24. The van der Waals surface area contributed by atoms with Crippen LogP contribution in [0.5, 0.6) is 0 Å². The van der Waals surface area contributed by atoms with Gasteiger partial charge < -0.3 is 9.73 Å². The number of hydrogen-bond acceptors (Lipinski definition) is 4. The molecule has 0 amide bonds. The lowest BCUT2D eigenvalue weighted by Crippen LogP contribution is -2.22. The molecule has 1 aromatic heterocycles. The molecule has 0 bridgehead atoms. The van der Waals surface area contributed by atoms with Crippen LogP contribution in [0.4, 0.5) is 0 Å². The number of oxazole rings is 1. The lowest BCUT2D eigenvalue weighted by atomic mass is 10.0. The Morgan fingerprint density at radius 3 is 2.65 bits per heavy atom. The van der Waals surface area contributed by atoms with E-state index in [0.717, 1.165) is 23.9 Å². The van der Waals surface area contributed by atoms with Gasteiger partial charge in [-0.15, -0.1) is 0 Å². The monoisotopic (exact) mass is 290 g/mol. The highest BCUT2D eigenvalue weighted by molar-refractivity contribution is 7.99. The van der Waals surface area contributed by atoms with Gasteiger partial charge in [-0.1, -0.05) is 56.3 Å². The first kappa shape index (κ1) is 15.1. The molecule has 0 saturated carbocycles. The van der Waals surface area contributed by atoms with Crippen molar-refractivity contribution in [1.82, 2.24) is 10.3 Å². The lowest BCUT2D eigenvalue weighted by molar-refractivity contribution is 0.453. The number of rotatable bonds is 8. The van der Waals surface area contributed by atoms with Gasteiger partial charge in [0.15, 0.2) is 0 Å². The quantitative estimate of drug-likeness (QED) is 0.744. The highest BCUT2D eigenvalue weighted by atomic mass is 32.2. The molecule has 0 spiro atoms. The van der Waals surface area contributed by atoms with Crippen LogP contribution in [0, 0.1) is 0 Å². The summed E-state index contributed by atoms with van der Waals surface area (Å²) in [7, 11) is 0. The van der Waals surface area contributed by atoms with Crippen LogP contribution in [0.3, 0.4) is 0 Å². The first-order valence-corrected chi connectivity index (χ1v) is 8.16. The molecule has 0 fully saturated rings. The maximum absolute atomic E-state index is 5.27. The second-order valence-corrected chi connectivity index (χ2v) is 5.68. The van der Waals surface area contributed by atoms with Crippen LogP contribution in [-0.4, -0.2) is 17.3 Å². The van der Waals surface area contributed by atoms with E-state index in [1.807, 2.05) is 0 Å². The first-order chi connectivity index (χ1) is 9.83. The summed E-state index contributed by atoms with van der Waals surface area (Å²) in [6.45, 7) is 5.30. The molecule has 0 radical (unpaired) electrons. The highest BCUT2D eigenvalue weighted by Gasteiger charge is 2.12. The Morgan fingerprint density at radius 2 is 2.05 bits per heavy atom. The van der Waals surface area contributed by atoms with Gasteiger partial charge in [-0.05, 0) is 24.1 Å². The average molecular weight is 290 g/mol. The molecular formula is C16H22N2OS. The predicted molar refractivity (Wildman–Crippen MR) is 84.1 cm³/mol. The van der Waals surface area contributed by atoms with Crippen LogP contribution in [0.25, 0.3) is 0 Å². The Morgan fingerprint density at radius 1 is 1.25 bits per heavy atom. The van der Waals surface area contributed by atoms with E-state index >= 15 is 0 Å². The molecule has 1 aromatic carbocycles. The Labute approximate surface area is 125 Å². The van der Waals surface area contributed by atoms with Crippen molar-refractivity contribution < 1.29 is 4.42 Å². The summed E-state index contributed by atoms with van der Waals surface area (Å²) in [4.78, 5) is 4.15. The van der Waals surface area contributed by atoms with Gasteiger partial charge in [0.2, 0.25) is 0 Å². The van der Waals surface area contributed by atoms with Crippen molar-refractivity contribution in [3.63, 3.8) is 0 Å². The molecule has 0 aliphatic carbocycles. The zero-order valence-corrected chi connectivity index (χ0v) is 13.0. The number of aromatic nitrogens is 1. The van der Waals surface area contributed by atoms with Gasteiger partial charge in [-0.2, -0.15) is 0 Å². The summed E-state index contributed by atoms with van der Waals surface area (Å²) in [6.07, 6.45) is 5.64. The minimum Gasteiger partial charge on any atom is -0.440 e. The number of thioether (sulfide) groups is 1. The van der Waals surface area contributed by atoms with Gasteiger partial charge in [0.05, 0.1) is 6.20 Å². The second kappa shape index (κ2) is 8.12. The topological polar surface area (TPSA) is 38.1 Å². The van der Waals surface area contributed by atoms with Crippen LogP contribution in [0.2, 0.25) is 0 Å². The molecule has 3 nitrogen and oxygen atoms in total. The fourth-order valence-electron chi connectivity index (χ4n) is 2.16. The third kappa shape index (κ3) is 4.39. The smallest absolute Gasteiger partial charge is 0.255 e. The largest absolute Gasteiger partial charge is 0.440 e. The first-order valence-electron chi connectivity index (χ1n) is 7.18. The molecule has 4 heteroatoms. The lowest BCUT2D eigenvalue weighted by Gasteiger charge is -2.17. The molecule has 1 heterocycles. The molecular weight excluding hydrogens is 268 g/mol. The summed E-state index contributed by atoms with van der Waals surface area (Å²) < 4.78 is 5.27. The van der Waals surface area contributed by atoms with E-state index in [9.17, 15) is 0 Å². The molecule has 20 heavy (non-hydrogen) atoms. The fourth-order valence-corrected chi connectivity index (χ4v) is 3.04. The third-order valence-electron chi connectivity index (χ3n) is 3.15. The third-order valence-corrected chi connectivity index (χ3v) is 4.10. The van der Waals surface area contributed by atoms with E-state index < -0.39 is 0 Å². The van der Waals surface area contributed by atoms with Crippen molar-refractivity contribution in [3.8, 4) is 0 Å². The number of benzene rings is 1. The van der Waals surface area contributed by atoms with Crippen LogP contribution in [0.1, 0.15) is 37.4 Å². The second-order valence-electron chi connectivity index (χ2n) is 4.71. The molecule has 0 saturated heterocycles. The van der Waals surface area contributed by atoms with Gasteiger partial charge in [-0.3, -0.25) is 0 Å². The summed E-state index contributed by atoms with van der Waals surface area (Å²) >= 11 is 1.64. The van der Waals surface area contributed by atoms with Crippen LogP contribution < -0.4 is 5.32 Å². The van der Waals surface area contributed by atoms with E-state index in [1.165, 1.54) is 17.5 Å². The van der Waals surface area contributed by atoms with Crippen molar-refractivity contribution in [2.24, 2.45) is 0 Å². The Balaban J connectivity index is 1.99. The Bertz CT molecular complexity index is 482. The van der Waals surface area contributed by atoms with Crippen molar-refractivity contribution in [1.29, 1.82) is 0 Å². The van der Waals surface area contributed by atoms with Gasteiger partial charge in [0, 0.05) is 11.8 Å². The van der Waals surface area contributed by atoms with E-state index in [4.69, 9.17) is 4.42 Å². The van der Waals surface area contributed by atoms with Crippen molar-refractivity contribution in [2.75, 3.05) is 12.3 Å². The number of hydrogen-bond donors (Lipinski definition) is 1. The summed E-state index contributed by atoms with van der Waals surface area (Å²) in [6, 6.07) is 9.26. The zero-order valence-electron chi connectivity index (χ0n) is 12.1. The Kier molecular flexibility index (Phi) is 6.15. The van der Waals surface area contributed by atoms with Crippen LogP contribution >= 0.6 is 11.8 Å². The van der Waals surface area contributed by atoms with E-state index in [2.05, 4.69) is 48.4 Å². The van der Waals surface area contributed by atoms with Gasteiger partial charge in [0.25, 0.3) is 5.22 Å². The van der Waals surface area contributed by atoms with E-state index in [-0.39, 0.29) is 0 Å². The maximum Gasteiger partial charge on any atom is 0.255 e. The van der Waals surface area contributed by atoms with E-state index in [1.54, 1.807) is 24.2 Å². The minimum absolute atomic E-state index is 0.326. The number of aryl methyl sites for hydroxylation is 1.